The first-order valence-corrected chi connectivity index (χ1v) is 42.3. The van der Waals surface area contributed by atoms with Gasteiger partial charge in [-0.25, -0.2) is 33.7 Å². The Morgan fingerprint density at radius 3 is 1.08 bits per heavy atom. The van der Waals surface area contributed by atoms with Crippen molar-refractivity contribution in [1.82, 2.24) is 21.3 Å². The Morgan fingerprint density at radius 1 is 0.368 bits per heavy atom. The van der Waals surface area contributed by atoms with Crippen molar-refractivity contribution in [2.45, 2.75) is 97.4 Å². The SMILES string of the molecule is Cc1ccc2c(c1)S(=O)(=O)N(C)c1ccccc1C2NCCc1ccco1.Cc1ccc2c(c1)S(=O)(=O)N(C)c1ccccc1C2NCCc1cccs1.Cc1ccc2c(c1)S(=O)(=O)N(C)c1ccccc1C2NCc1ccoc1.Cc1ccc2c(c1)S(=O)(=O)N(C)c1ccccc1C2NCc1ccsc1. The molecule has 0 fully saturated rings. The van der Waals surface area contributed by atoms with E-state index in [1.807, 2.05) is 197 Å². The van der Waals surface area contributed by atoms with E-state index in [4.69, 9.17) is 8.83 Å². The van der Waals surface area contributed by atoms with Gasteiger partial charge in [-0.15, -0.1) is 11.3 Å². The second kappa shape index (κ2) is 31.6. The van der Waals surface area contributed by atoms with E-state index in [0.29, 0.717) is 56.3 Å². The summed E-state index contributed by atoms with van der Waals surface area (Å²) in [7, 11) is -7.96. The summed E-state index contributed by atoms with van der Waals surface area (Å²) in [5.41, 5.74) is 15.7. The molecule has 4 atom stereocenters. The molecule has 0 saturated heterocycles. The maximum Gasteiger partial charge on any atom is 0.264 e. The van der Waals surface area contributed by atoms with Crippen molar-refractivity contribution in [3.05, 3.63) is 330 Å². The summed E-state index contributed by atoms with van der Waals surface area (Å²) in [6, 6.07) is 64.5. The van der Waals surface area contributed by atoms with Crippen LogP contribution in [0.5, 0.6) is 0 Å². The number of benzene rings is 8. The lowest BCUT2D eigenvalue weighted by Gasteiger charge is -2.22. The number of thiophene rings is 2. The third-order valence-corrected chi connectivity index (χ3v) is 28.6. The zero-order valence-corrected chi connectivity index (χ0v) is 64.9. The lowest BCUT2D eigenvalue weighted by Crippen LogP contribution is -2.26. The first kappa shape index (κ1) is 74.8. The van der Waals surface area contributed by atoms with E-state index in [1.54, 1.807) is 93.9 Å². The highest BCUT2D eigenvalue weighted by Crippen LogP contribution is 2.45. The fourth-order valence-corrected chi connectivity index (χ4v) is 21.5. The number of para-hydroxylation sites is 4. The standard InChI is InChI=1S/C21H22N2O3S.C21H22N2O2S2.C20H20N2O3S.C20H20N2O2S2/c2*1-15-9-10-18-20(14-15)27(24,25)23(2)19-8-4-3-7-17(19)21(18)22-12-11-16-6-5-13-26-16;2*1-14-7-8-17-19(11-14)26(23,24)22(2)18-6-4-3-5-16(18)20(17)21-12-15-9-10-25-13-15/h2*3-10,13-14,21-22H,11-12H2,1-2H3;2*3-11,13,20-21H,12H2,1-2H3. The number of sulfonamides is 4. The Balaban J connectivity index is 0.000000125. The molecular formula is C82H84N8O10S6. The Bertz CT molecular complexity index is 5240. The molecule has 0 aliphatic carbocycles. The van der Waals surface area contributed by atoms with Crippen LogP contribution in [-0.4, -0.2) is 75.0 Å². The van der Waals surface area contributed by atoms with Gasteiger partial charge >= 0.3 is 0 Å². The van der Waals surface area contributed by atoms with Gasteiger partial charge < -0.3 is 30.1 Å². The topological polar surface area (TPSA) is 224 Å². The van der Waals surface area contributed by atoms with Crippen molar-refractivity contribution in [1.29, 1.82) is 0 Å². The molecule has 4 unspecified atom stereocenters. The van der Waals surface area contributed by atoms with Crippen LogP contribution in [-0.2, 0) is 66.0 Å². The number of fused-ring (bicyclic) bond motifs is 8. The van der Waals surface area contributed by atoms with Gasteiger partial charge in [-0.2, -0.15) is 11.3 Å². The third-order valence-electron chi connectivity index (χ3n) is 19.6. The molecule has 0 saturated carbocycles. The molecule has 0 bridgehead atoms. The summed E-state index contributed by atoms with van der Waals surface area (Å²) >= 11 is 3.40. The van der Waals surface area contributed by atoms with Gasteiger partial charge in [0.15, 0.2) is 0 Å². The first-order chi connectivity index (χ1) is 50.9. The monoisotopic (exact) mass is 1530 g/mol. The van der Waals surface area contributed by atoms with Crippen LogP contribution in [0.4, 0.5) is 22.7 Å². The lowest BCUT2D eigenvalue weighted by atomic mass is 9.96. The quantitative estimate of drug-likeness (QED) is 0.0795. The minimum Gasteiger partial charge on any atom is -0.472 e. The highest BCUT2D eigenvalue weighted by Gasteiger charge is 2.39. The fraction of sp³-hybridized carbons (Fsp3) is 0.220. The molecule has 8 aromatic carbocycles. The lowest BCUT2D eigenvalue weighted by molar-refractivity contribution is 0.490. The molecule has 106 heavy (non-hydrogen) atoms. The van der Waals surface area contributed by atoms with Gasteiger partial charge in [0.2, 0.25) is 0 Å². The molecule has 12 aromatic rings. The summed E-state index contributed by atoms with van der Waals surface area (Å²) in [6.45, 7) is 10.4. The van der Waals surface area contributed by atoms with Crippen LogP contribution in [0.2, 0.25) is 0 Å². The van der Waals surface area contributed by atoms with Crippen LogP contribution in [0.25, 0.3) is 0 Å². The molecule has 24 heteroatoms. The number of furan rings is 2. The largest absolute Gasteiger partial charge is 0.472 e. The van der Waals surface area contributed by atoms with Gasteiger partial charge in [0, 0.05) is 71.2 Å². The highest BCUT2D eigenvalue weighted by molar-refractivity contribution is 7.93. The van der Waals surface area contributed by atoms with Gasteiger partial charge in [0.1, 0.15) is 5.76 Å². The molecule has 4 aromatic heterocycles. The predicted octanol–water partition coefficient (Wildman–Crippen LogP) is 15.4. The van der Waals surface area contributed by atoms with E-state index in [9.17, 15) is 33.7 Å². The van der Waals surface area contributed by atoms with Crippen LogP contribution < -0.4 is 38.5 Å². The van der Waals surface area contributed by atoms with Gasteiger partial charge in [-0.3, -0.25) is 17.2 Å². The molecular weight excluding hydrogens is 1450 g/mol. The van der Waals surface area contributed by atoms with Crippen LogP contribution in [0, 0.1) is 27.7 Å². The van der Waals surface area contributed by atoms with E-state index in [-0.39, 0.29) is 24.2 Å². The molecule has 4 aliphatic heterocycles. The maximum atomic E-state index is 13.2. The molecule has 16 rings (SSSR count). The molecule has 4 aliphatic rings. The summed E-state index contributed by atoms with van der Waals surface area (Å²) in [4.78, 5) is 2.78. The number of aryl methyl sites for hydroxylation is 4. The number of hydrogen-bond acceptors (Lipinski definition) is 16. The number of nitrogens with one attached hydrogen (secondary N) is 4. The van der Waals surface area contributed by atoms with Crippen molar-refractivity contribution >= 4 is 85.5 Å². The van der Waals surface area contributed by atoms with Gasteiger partial charge in [0.25, 0.3) is 40.1 Å². The maximum absolute atomic E-state index is 13.2. The van der Waals surface area contributed by atoms with E-state index in [1.165, 1.54) is 27.7 Å². The van der Waals surface area contributed by atoms with Gasteiger partial charge in [-0.1, -0.05) is 127 Å². The van der Waals surface area contributed by atoms with Crippen LogP contribution >= 0.6 is 22.7 Å². The summed E-state index contributed by atoms with van der Waals surface area (Å²) < 4.78 is 122. The Labute approximate surface area is 630 Å². The third kappa shape index (κ3) is 15.3. The number of rotatable bonds is 14. The summed E-state index contributed by atoms with van der Waals surface area (Å²) in [6.07, 6.45) is 6.63. The van der Waals surface area contributed by atoms with Crippen molar-refractivity contribution in [2.75, 3.05) is 58.5 Å². The normalized spacial score (nSPS) is 18.0. The number of hydrogen-bond donors (Lipinski definition) is 4. The van der Waals surface area contributed by atoms with Crippen LogP contribution in [0.1, 0.15) is 113 Å². The molecule has 0 amide bonds. The Hall–Kier alpha value is -9.44. The molecule has 0 radical (unpaired) electrons. The molecule has 18 nitrogen and oxygen atoms in total. The smallest absolute Gasteiger partial charge is 0.264 e. The summed E-state index contributed by atoms with van der Waals surface area (Å²) in [5, 5.41) is 20.5. The average molecular weight is 1530 g/mol. The van der Waals surface area contributed by atoms with Crippen molar-refractivity contribution in [2.24, 2.45) is 0 Å². The van der Waals surface area contributed by atoms with Crippen LogP contribution in [0.3, 0.4) is 0 Å². The zero-order valence-electron chi connectivity index (χ0n) is 60.0. The minimum absolute atomic E-state index is 0.170. The first-order valence-electron chi connectivity index (χ1n) is 34.7. The second-order valence-corrected chi connectivity index (χ2v) is 36.2. The fourth-order valence-electron chi connectivity index (χ4n) is 14.0. The van der Waals surface area contributed by atoms with Gasteiger partial charge in [0.05, 0.1) is 85.3 Å². The average Bonchev–Trinajstić information content (AvgIpc) is 1.76. The van der Waals surface area contributed by atoms with E-state index in [0.717, 1.165) is 103 Å². The summed E-state index contributed by atoms with van der Waals surface area (Å²) in [5.74, 6) is 0.901. The Morgan fingerprint density at radius 2 is 0.745 bits per heavy atom. The zero-order chi connectivity index (χ0) is 74.7. The number of anilines is 4. The molecule has 4 N–H and O–H groups in total. The van der Waals surface area contributed by atoms with Crippen LogP contribution in [0.15, 0.2) is 270 Å². The molecule has 8 heterocycles. The predicted molar refractivity (Wildman–Crippen MR) is 423 cm³/mol. The molecule has 0 spiro atoms. The van der Waals surface area contributed by atoms with Gasteiger partial charge in [-0.05, 0) is 201 Å². The van der Waals surface area contributed by atoms with Crippen molar-refractivity contribution in [3.63, 3.8) is 0 Å². The van der Waals surface area contributed by atoms with Crippen molar-refractivity contribution in [3.8, 4) is 0 Å². The second-order valence-electron chi connectivity index (χ2n) is 26.6. The van der Waals surface area contributed by atoms with E-state index < -0.39 is 40.1 Å². The highest BCUT2D eigenvalue weighted by atomic mass is 32.2. The van der Waals surface area contributed by atoms with E-state index >= 15 is 0 Å². The molecule has 548 valence electrons. The minimum atomic E-state index is -3.62. The Kier molecular flexibility index (Phi) is 22.3. The van der Waals surface area contributed by atoms with Crippen molar-refractivity contribution < 1.29 is 42.5 Å². The van der Waals surface area contributed by atoms with E-state index in [2.05, 4.69) is 50.2 Å². The number of nitrogens with zero attached hydrogens (tertiary/aromatic N) is 4.